The van der Waals surface area contributed by atoms with Crippen LogP contribution < -0.4 is 10.6 Å². The van der Waals surface area contributed by atoms with Crippen LogP contribution in [-0.4, -0.2) is 45.6 Å². The van der Waals surface area contributed by atoms with Gasteiger partial charge in [0.05, 0.1) is 6.33 Å². The van der Waals surface area contributed by atoms with E-state index in [1.807, 2.05) is 29.4 Å². The van der Waals surface area contributed by atoms with E-state index in [4.69, 9.17) is 0 Å². The summed E-state index contributed by atoms with van der Waals surface area (Å²) in [5, 5.41) is 6.40. The zero-order valence-corrected chi connectivity index (χ0v) is 13.9. The smallest absolute Gasteiger partial charge is 0.221 e. The Morgan fingerprint density at radius 2 is 2.40 bits per heavy atom. The van der Waals surface area contributed by atoms with E-state index in [-0.39, 0.29) is 36.8 Å². The number of nitrogens with one attached hydrogen (secondary N) is 2. The Bertz CT molecular complexity index is 372. The van der Waals surface area contributed by atoms with Crippen molar-refractivity contribution in [2.45, 2.75) is 32.0 Å². The molecule has 2 atom stereocenters. The first-order chi connectivity index (χ1) is 8.74. The minimum Gasteiger partial charge on any atom is -0.352 e. The van der Waals surface area contributed by atoms with Gasteiger partial charge >= 0.3 is 0 Å². The van der Waals surface area contributed by atoms with Gasteiger partial charge in [0, 0.05) is 55.5 Å². The summed E-state index contributed by atoms with van der Waals surface area (Å²) in [6, 6.07) is 0.451. The third kappa shape index (κ3) is 6.83. The Balaban J connectivity index is 0.00000180. The van der Waals surface area contributed by atoms with Gasteiger partial charge < -0.3 is 15.2 Å². The van der Waals surface area contributed by atoms with Gasteiger partial charge in [0.1, 0.15) is 0 Å². The van der Waals surface area contributed by atoms with Crippen molar-refractivity contribution in [3.63, 3.8) is 0 Å². The Morgan fingerprint density at radius 1 is 1.60 bits per heavy atom. The average molecular weight is 341 g/mol. The van der Waals surface area contributed by atoms with Crippen LogP contribution in [0.5, 0.6) is 0 Å². The summed E-state index contributed by atoms with van der Waals surface area (Å²) >= 11 is 1.91. The number of aromatic nitrogens is 2. The number of halogens is 2. The van der Waals surface area contributed by atoms with E-state index in [2.05, 4.69) is 15.6 Å². The molecule has 2 rings (SSSR count). The molecule has 5 nitrogen and oxygen atoms in total. The second-order valence-electron chi connectivity index (χ2n) is 4.66. The summed E-state index contributed by atoms with van der Waals surface area (Å²) in [5.41, 5.74) is 0. The topological polar surface area (TPSA) is 59.0 Å². The number of rotatable bonds is 5. The highest BCUT2D eigenvalue weighted by Gasteiger charge is 2.17. The normalized spacial score (nSPS) is 19.4. The van der Waals surface area contributed by atoms with Crippen LogP contribution in [-0.2, 0) is 11.3 Å². The summed E-state index contributed by atoms with van der Waals surface area (Å²) in [4.78, 5) is 15.9. The molecule has 1 aromatic rings. The number of imidazole rings is 1. The Kier molecular flexibility index (Phi) is 10.1. The first kappa shape index (κ1) is 19.6. The Morgan fingerprint density at radius 3 is 3.00 bits per heavy atom. The first-order valence-corrected chi connectivity index (χ1v) is 7.46. The van der Waals surface area contributed by atoms with E-state index in [9.17, 15) is 4.79 Å². The Labute approximate surface area is 136 Å². The van der Waals surface area contributed by atoms with Crippen molar-refractivity contribution in [2.24, 2.45) is 0 Å². The number of hydrogen-bond acceptors (Lipinski definition) is 4. The molecule has 2 heterocycles. The number of nitrogens with zero attached hydrogens (tertiary/aromatic N) is 2. The van der Waals surface area contributed by atoms with Crippen LogP contribution in [0.15, 0.2) is 18.7 Å². The van der Waals surface area contributed by atoms with Gasteiger partial charge in [-0.05, 0) is 6.92 Å². The maximum absolute atomic E-state index is 11.9. The first-order valence-electron chi connectivity index (χ1n) is 6.30. The lowest BCUT2D eigenvalue weighted by molar-refractivity contribution is -0.122. The summed E-state index contributed by atoms with van der Waals surface area (Å²) in [5.74, 6) is 2.31. The van der Waals surface area contributed by atoms with Crippen LogP contribution in [0.2, 0.25) is 0 Å². The highest BCUT2D eigenvalue weighted by Crippen LogP contribution is 2.10. The molecule has 1 aliphatic rings. The fourth-order valence-corrected chi connectivity index (χ4v) is 3.01. The van der Waals surface area contributed by atoms with Crippen molar-refractivity contribution >= 4 is 42.5 Å². The highest BCUT2D eigenvalue weighted by atomic mass is 35.5. The standard InChI is InChI=1S/C12H20N4OS.2ClH/c1-10(7-16-4-2-13-9-16)15-12(17)6-11-8-18-5-3-14-11;;/h2,4,9-11,14H,3,5-8H2,1H3,(H,15,17);2*1H. The molecule has 1 fully saturated rings. The molecular weight excluding hydrogens is 319 g/mol. The fraction of sp³-hybridized carbons (Fsp3) is 0.667. The minimum absolute atomic E-state index is 0. The van der Waals surface area contributed by atoms with E-state index in [0.717, 1.165) is 24.6 Å². The SMILES string of the molecule is CC(Cn1ccnc1)NC(=O)CC1CSCCN1.Cl.Cl. The Hall–Kier alpha value is -0.430. The molecule has 2 N–H and O–H groups in total. The maximum atomic E-state index is 11.9. The molecule has 0 spiro atoms. The third-order valence-corrected chi connectivity index (χ3v) is 4.01. The van der Waals surface area contributed by atoms with E-state index < -0.39 is 0 Å². The van der Waals surface area contributed by atoms with Gasteiger partial charge in [-0.25, -0.2) is 4.98 Å². The molecule has 8 heteroatoms. The lowest BCUT2D eigenvalue weighted by atomic mass is 10.2. The average Bonchev–Trinajstić information content (AvgIpc) is 2.82. The van der Waals surface area contributed by atoms with Crippen LogP contribution in [0, 0.1) is 0 Å². The van der Waals surface area contributed by atoms with Crippen LogP contribution in [0.4, 0.5) is 0 Å². The van der Waals surface area contributed by atoms with Crippen molar-refractivity contribution in [1.82, 2.24) is 20.2 Å². The van der Waals surface area contributed by atoms with Crippen LogP contribution in [0.3, 0.4) is 0 Å². The van der Waals surface area contributed by atoms with Gasteiger partial charge in [-0.15, -0.1) is 24.8 Å². The largest absolute Gasteiger partial charge is 0.352 e. The lowest BCUT2D eigenvalue weighted by Crippen LogP contribution is -2.43. The molecular formula is C12H22Cl2N4OS. The van der Waals surface area contributed by atoms with Gasteiger partial charge in [0.25, 0.3) is 0 Å². The minimum atomic E-state index is 0. The second kappa shape index (κ2) is 10.3. The van der Waals surface area contributed by atoms with Gasteiger partial charge in [-0.1, -0.05) is 0 Å². The van der Waals surface area contributed by atoms with Crippen LogP contribution in [0.1, 0.15) is 13.3 Å². The van der Waals surface area contributed by atoms with Gasteiger partial charge in [0.2, 0.25) is 5.91 Å². The molecule has 1 amide bonds. The number of hydrogen-bond donors (Lipinski definition) is 2. The van der Waals surface area contributed by atoms with E-state index in [1.165, 1.54) is 0 Å². The molecule has 2 unspecified atom stereocenters. The molecule has 0 bridgehead atoms. The van der Waals surface area contributed by atoms with Crippen molar-refractivity contribution in [2.75, 3.05) is 18.1 Å². The van der Waals surface area contributed by atoms with E-state index in [1.54, 1.807) is 12.5 Å². The highest BCUT2D eigenvalue weighted by molar-refractivity contribution is 7.99. The number of carbonyl (C=O) groups is 1. The zero-order chi connectivity index (χ0) is 12.8. The molecule has 1 saturated heterocycles. The number of amides is 1. The van der Waals surface area contributed by atoms with Crippen molar-refractivity contribution in [3.05, 3.63) is 18.7 Å². The maximum Gasteiger partial charge on any atom is 0.221 e. The predicted molar refractivity (Wildman–Crippen MR) is 88.1 cm³/mol. The number of thioether (sulfide) groups is 1. The van der Waals surface area contributed by atoms with Gasteiger partial charge in [-0.3, -0.25) is 4.79 Å². The van der Waals surface area contributed by atoms with E-state index in [0.29, 0.717) is 12.5 Å². The summed E-state index contributed by atoms with van der Waals surface area (Å²) in [6.07, 6.45) is 5.99. The summed E-state index contributed by atoms with van der Waals surface area (Å²) in [6.45, 7) is 3.78. The van der Waals surface area contributed by atoms with E-state index >= 15 is 0 Å². The summed E-state index contributed by atoms with van der Waals surface area (Å²) in [7, 11) is 0. The quantitative estimate of drug-likeness (QED) is 0.848. The molecule has 116 valence electrons. The van der Waals surface area contributed by atoms with Crippen molar-refractivity contribution in [3.8, 4) is 0 Å². The molecule has 0 aliphatic carbocycles. The second-order valence-corrected chi connectivity index (χ2v) is 5.81. The van der Waals surface area contributed by atoms with Crippen molar-refractivity contribution < 1.29 is 4.79 Å². The van der Waals surface area contributed by atoms with Gasteiger partial charge in [-0.2, -0.15) is 11.8 Å². The predicted octanol–water partition coefficient (Wildman–Crippen LogP) is 1.33. The molecule has 1 aromatic heterocycles. The third-order valence-electron chi connectivity index (χ3n) is 2.88. The van der Waals surface area contributed by atoms with Crippen LogP contribution in [0.25, 0.3) is 0 Å². The van der Waals surface area contributed by atoms with Crippen molar-refractivity contribution in [1.29, 1.82) is 0 Å². The molecule has 20 heavy (non-hydrogen) atoms. The summed E-state index contributed by atoms with van der Waals surface area (Å²) < 4.78 is 1.97. The zero-order valence-electron chi connectivity index (χ0n) is 11.4. The molecule has 0 aromatic carbocycles. The molecule has 0 saturated carbocycles. The molecule has 1 aliphatic heterocycles. The fourth-order valence-electron chi connectivity index (χ4n) is 2.06. The lowest BCUT2D eigenvalue weighted by Gasteiger charge is -2.23. The van der Waals surface area contributed by atoms with Gasteiger partial charge in [0.15, 0.2) is 0 Å². The van der Waals surface area contributed by atoms with Crippen LogP contribution >= 0.6 is 36.6 Å². The molecule has 0 radical (unpaired) electrons. The monoisotopic (exact) mass is 340 g/mol. The number of carbonyl (C=O) groups excluding carboxylic acids is 1.